The van der Waals surface area contributed by atoms with Gasteiger partial charge in [-0.25, -0.2) is 14.8 Å². The Morgan fingerprint density at radius 1 is 1.38 bits per heavy atom. The van der Waals surface area contributed by atoms with Gasteiger partial charge in [0.05, 0.1) is 10.7 Å². The van der Waals surface area contributed by atoms with Crippen LogP contribution in [0.3, 0.4) is 0 Å². The Labute approximate surface area is 125 Å². The first-order valence-corrected chi connectivity index (χ1v) is 6.90. The summed E-state index contributed by atoms with van der Waals surface area (Å²) >= 11 is 1.32. The minimum Gasteiger partial charge on any atom is -0.478 e. The van der Waals surface area contributed by atoms with Gasteiger partial charge in [0.1, 0.15) is 10.7 Å². The van der Waals surface area contributed by atoms with Crippen molar-refractivity contribution in [3.05, 3.63) is 45.5 Å². The van der Waals surface area contributed by atoms with Crippen molar-refractivity contribution >= 4 is 35.1 Å². The first-order valence-electron chi connectivity index (χ1n) is 6.08. The first kappa shape index (κ1) is 14.9. The molecule has 2 rings (SSSR count). The molecule has 0 fully saturated rings. The highest BCUT2D eigenvalue weighted by Crippen LogP contribution is 2.18. The van der Waals surface area contributed by atoms with Crippen LogP contribution in [0.1, 0.15) is 25.9 Å². The molecule has 0 unspecified atom stereocenters. The molecule has 2 aromatic rings. The number of aliphatic carboxylic acids is 1. The minimum atomic E-state index is -1.03. The summed E-state index contributed by atoms with van der Waals surface area (Å²) in [6.45, 7) is 3.61. The lowest BCUT2D eigenvalue weighted by Crippen LogP contribution is -2.12. The number of nitrogens with zero attached hydrogens (tertiary/aromatic N) is 2. The maximum Gasteiger partial charge on any atom is 0.328 e. The normalized spacial score (nSPS) is 10.8. The molecule has 6 nitrogen and oxygen atoms in total. The van der Waals surface area contributed by atoms with Crippen molar-refractivity contribution in [2.24, 2.45) is 0 Å². The summed E-state index contributed by atoms with van der Waals surface area (Å²) in [5.74, 6) is -0.948. The van der Waals surface area contributed by atoms with E-state index in [1.807, 2.05) is 6.92 Å². The number of anilines is 1. The van der Waals surface area contributed by atoms with Gasteiger partial charge in [0.15, 0.2) is 0 Å². The van der Waals surface area contributed by atoms with E-state index in [9.17, 15) is 9.59 Å². The molecule has 0 saturated carbocycles. The number of hydrogen-bond donors (Lipinski definition) is 2. The second kappa shape index (κ2) is 6.27. The van der Waals surface area contributed by atoms with Crippen LogP contribution in [-0.2, 0) is 4.79 Å². The van der Waals surface area contributed by atoms with Crippen LogP contribution in [0.25, 0.3) is 6.08 Å². The fraction of sp³-hybridized carbons (Fsp3) is 0.143. The van der Waals surface area contributed by atoms with Gasteiger partial charge >= 0.3 is 5.97 Å². The fourth-order valence-corrected chi connectivity index (χ4v) is 2.52. The number of hydrogen-bond acceptors (Lipinski definition) is 5. The number of carboxylic acid groups (broad SMARTS) is 1. The second-order valence-corrected chi connectivity index (χ2v) is 5.45. The molecular weight excluding hydrogens is 290 g/mol. The van der Waals surface area contributed by atoms with Crippen molar-refractivity contribution in [2.45, 2.75) is 13.8 Å². The van der Waals surface area contributed by atoms with Crippen molar-refractivity contribution in [3.8, 4) is 0 Å². The van der Waals surface area contributed by atoms with Crippen LogP contribution >= 0.6 is 11.3 Å². The Bertz CT molecular complexity index is 722. The smallest absolute Gasteiger partial charge is 0.328 e. The van der Waals surface area contributed by atoms with Crippen LogP contribution in [0.2, 0.25) is 0 Å². The van der Waals surface area contributed by atoms with E-state index in [0.717, 1.165) is 11.1 Å². The number of carboxylic acids is 1. The van der Waals surface area contributed by atoms with E-state index in [1.165, 1.54) is 23.6 Å². The number of nitrogens with one attached hydrogen (secondary N) is 1. The van der Waals surface area contributed by atoms with Crippen molar-refractivity contribution in [1.82, 2.24) is 9.97 Å². The Morgan fingerprint density at radius 2 is 2.14 bits per heavy atom. The lowest BCUT2D eigenvalue weighted by Gasteiger charge is -2.03. The lowest BCUT2D eigenvalue weighted by molar-refractivity contribution is -0.131. The SMILES string of the molecule is Cc1nc(C)c(C(=O)Nc2cc(/C=C/C(=O)O)ccn2)s1. The van der Waals surface area contributed by atoms with Crippen molar-refractivity contribution in [1.29, 1.82) is 0 Å². The number of amides is 1. The van der Waals surface area contributed by atoms with Gasteiger partial charge in [-0.05, 0) is 37.6 Å². The third kappa shape index (κ3) is 3.96. The molecule has 7 heteroatoms. The summed E-state index contributed by atoms with van der Waals surface area (Å²) in [7, 11) is 0. The summed E-state index contributed by atoms with van der Waals surface area (Å²) in [5, 5.41) is 12.1. The summed E-state index contributed by atoms with van der Waals surface area (Å²) < 4.78 is 0. The summed E-state index contributed by atoms with van der Waals surface area (Å²) in [5.41, 5.74) is 1.32. The highest BCUT2D eigenvalue weighted by atomic mass is 32.1. The molecule has 0 aliphatic heterocycles. The van der Waals surface area contributed by atoms with E-state index in [-0.39, 0.29) is 5.91 Å². The van der Waals surface area contributed by atoms with Gasteiger partial charge in [-0.15, -0.1) is 11.3 Å². The molecule has 2 N–H and O–H groups in total. The lowest BCUT2D eigenvalue weighted by atomic mass is 10.2. The zero-order valence-electron chi connectivity index (χ0n) is 11.5. The molecule has 108 valence electrons. The highest BCUT2D eigenvalue weighted by molar-refractivity contribution is 7.13. The molecule has 0 spiro atoms. The van der Waals surface area contributed by atoms with E-state index in [1.54, 1.807) is 19.1 Å². The molecule has 0 saturated heterocycles. The van der Waals surface area contributed by atoms with E-state index in [2.05, 4.69) is 15.3 Å². The molecule has 0 atom stereocenters. The van der Waals surface area contributed by atoms with Crippen molar-refractivity contribution in [2.75, 3.05) is 5.32 Å². The van der Waals surface area contributed by atoms with Gasteiger partial charge < -0.3 is 10.4 Å². The minimum absolute atomic E-state index is 0.273. The molecule has 0 aliphatic rings. The van der Waals surface area contributed by atoms with Crippen molar-refractivity contribution < 1.29 is 14.7 Å². The van der Waals surface area contributed by atoms with Crippen molar-refractivity contribution in [3.63, 3.8) is 0 Å². The monoisotopic (exact) mass is 303 g/mol. The van der Waals surface area contributed by atoms with Crippen LogP contribution in [-0.4, -0.2) is 27.0 Å². The Morgan fingerprint density at radius 3 is 2.76 bits per heavy atom. The number of rotatable bonds is 4. The summed E-state index contributed by atoms with van der Waals surface area (Å²) in [4.78, 5) is 31.4. The molecular formula is C14H13N3O3S. The molecule has 0 aromatic carbocycles. The third-order valence-corrected chi connectivity index (χ3v) is 3.63. The van der Waals surface area contributed by atoms with E-state index < -0.39 is 5.97 Å². The predicted molar refractivity (Wildman–Crippen MR) is 80.4 cm³/mol. The van der Waals surface area contributed by atoms with E-state index >= 15 is 0 Å². The topological polar surface area (TPSA) is 92.2 Å². The molecule has 1 amide bonds. The van der Waals surface area contributed by atoms with Gasteiger partial charge in [-0.2, -0.15) is 0 Å². The Hall–Kier alpha value is -2.54. The number of aryl methyl sites for hydroxylation is 2. The largest absolute Gasteiger partial charge is 0.478 e. The predicted octanol–water partition coefficient (Wildman–Crippen LogP) is 2.51. The number of aromatic nitrogens is 2. The third-order valence-electron chi connectivity index (χ3n) is 2.55. The zero-order valence-corrected chi connectivity index (χ0v) is 12.3. The van der Waals surface area contributed by atoms with Crippen LogP contribution in [0.15, 0.2) is 24.4 Å². The van der Waals surface area contributed by atoms with Crippen LogP contribution in [0, 0.1) is 13.8 Å². The van der Waals surface area contributed by atoms with Gasteiger partial charge in [0.2, 0.25) is 0 Å². The first-order chi connectivity index (χ1) is 9.95. The second-order valence-electron chi connectivity index (χ2n) is 4.25. The average molecular weight is 303 g/mol. The van der Waals surface area contributed by atoms with Crippen LogP contribution in [0.4, 0.5) is 5.82 Å². The van der Waals surface area contributed by atoms with Gasteiger partial charge in [0, 0.05) is 12.3 Å². The van der Waals surface area contributed by atoms with Crippen LogP contribution in [0.5, 0.6) is 0 Å². The standard InChI is InChI=1S/C14H13N3O3S/c1-8-13(21-9(2)16-8)14(20)17-11-7-10(5-6-15-11)3-4-12(18)19/h3-7H,1-2H3,(H,18,19)(H,15,17,20)/b4-3+. The fourth-order valence-electron chi connectivity index (χ4n) is 1.70. The highest BCUT2D eigenvalue weighted by Gasteiger charge is 2.14. The molecule has 0 aliphatic carbocycles. The summed E-state index contributed by atoms with van der Waals surface area (Å²) in [6.07, 6.45) is 3.96. The molecule has 2 heterocycles. The zero-order chi connectivity index (χ0) is 15.4. The molecule has 0 radical (unpaired) electrons. The maximum absolute atomic E-state index is 12.1. The molecule has 21 heavy (non-hydrogen) atoms. The Kier molecular flexibility index (Phi) is 4.44. The van der Waals surface area contributed by atoms with Crippen LogP contribution < -0.4 is 5.32 Å². The van der Waals surface area contributed by atoms with Gasteiger partial charge in [0.25, 0.3) is 5.91 Å². The van der Waals surface area contributed by atoms with E-state index in [4.69, 9.17) is 5.11 Å². The van der Waals surface area contributed by atoms with E-state index in [0.29, 0.717) is 22.0 Å². The summed E-state index contributed by atoms with van der Waals surface area (Å²) in [6, 6.07) is 3.25. The number of pyridine rings is 1. The quantitative estimate of drug-likeness (QED) is 0.847. The number of carbonyl (C=O) groups excluding carboxylic acids is 1. The van der Waals surface area contributed by atoms with Gasteiger partial charge in [-0.1, -0.05) is 0 Å². The number of thiazole rings is 1. The Balaban J connectivity index is 2.16. The number of carbonyl (C=O) groups is 2. The van der Waals surface area contributed by atoms with Gasteiger partial charge in [-0.3, -0.25) is 4.79 Å². The molecule has 2 aromatic heterocycles. The maximum atomic E-state index is 12.1. The molecule has 0 bridgehead atoms. The average Bonchev–Trinajstić information content (AvgIpc) is 2.76.